The first-order valence-electron chi connectivity index (χ1n) is 10.2. The predicted molar refractivity (Wildman–Crippen MR) is 120 cm³/mol. The second-order valence-electron chi connectivity index (χ2n) is 7.72. The van der Waals surface area contributed by atoms with Crippen molar-refractivity contribution in [2.75, 3.05) is 32.4 Å². The number of imidazole rings is 1. The Morgan fingerprint density at radius 3 is 2.56 bits per heavy atom. The number of hydrogen-bond acceptors (Lipinski definition) is 6. The second kappa shape index (κ2) is 7.77. The van der Waals surface area contributed by atoms with Crippen molar-refractivity contribution in [2.24, 2.45) is 0 Å². The van der Waals surface area contributed by atoms with E-state index in [0.717, 1.165) is 22.5 Å². The molecule has 0 bridgehead atoms. The molecule has 0 unspecified atom stereocenters. The number of hydrogen-bond donors (Lipinski definition) is 1. The van der Waals surface area contributed by atoms with Gasteiger partial charge in [-0.3, -0.25) is 9.59 Å². The van der Waals surface area contributed by atoms with Crippen molar-refractivity contribution in [1.29, 1.82) is 0 Å². The first-order valence-corrected chi connectivity index (χ1v) is 10.2. The summed E-state index contributed by atoms with van der Waals surface area (Å²) in [7, 11) is 1.75. The maximum atomic E-state index is 12.8. The van der Waals surface area contributed by atoms with Crippen LogP contribution in [0.4, 0.5) is 5.82 Å². The monoisotopic (exact) mass is 427 g/mol. The van der Waals surface area contributed by atoms with Crippen LogP contribution in [0.25, 0.3) is 28.2 Å². The van der Waals surface area contributed by atoms with Crippen molar-refractivity contribution >= 4 is 23.3 Å². The van der Waals surface area contributed by atoms with Crippen molar-refractivity contribution in [3.05, 3.63) is 66.5 Å². The van der Waals surface area contributed by atoms with Gasteiger partial charge >= 0.3 is 0 Å². The summed E-state index contributed by atoms with van der Waals surface area (Å²) in [6.45, 7) is 1.19. The molecule has 1 aliphatic heterocycles. The molecule has 0 aliphatic carbocycles. The number of fused-ring (bicyclic) bond motifs is 1. The van der Waals surface area contributed by atoms with Crippen molar-refractivity contribution in [2.45, 2.75) is 0 Å². The number of nitrogens with zero attached hydrogens (tertiary/aromatic N) is 6. The van der Waals surface area contributed by atoms with Gasteiger partial charge in [0.25, 0.3) is 5.91 Å². The Morgan fingerprint density at radius 2 is 1.81 bits per heavy atom. The number of pyridine rings is 1. The largest absolute Gasteiger partial charge is 0.384 e. The van der Waals surface area contributed by atoms with Gasteiger partial charge in [0.15, 0.2) is 5.65 Å². The lowest BCUT2D eigenvalue weighted by atomic mass is 10.1. The molecule has 4 aromatic rings. The highest BCUT2D eigenvalue weighted by Gasteiger charge is 2.25. The minimum Gasteiger partial charge on any atom is -0.384 e. The van der Waals surface area contributed by atoms with Gasteiger partial charge in [0.2, 0.25) is 5.91 Å². The molecular weight excluding hydrogens is 406 g/mol. The maximum absolute atomic E-state index is 12.8. The van der Waals surface area contributed by atoms with E-state index in [4.69, 9.17) is 10.8 Å². The molecule has 1 aliphatic rings. The van der Waals surface area contributed by atoms with E-state index in [-0.39, 0.29) is 18.4 Å². The average molecular weight is 427 g/mol. The summed E-state index contributed by atoms with van der Waals surface area (Å²) in [6.07, 6.45) is 3.40. The summed E-state index contributed by atoms with van der Waals surface area (Å²) >= 11 is 0. The van der Waals surface area contributed by atoms with Gasteiger partial charge in [-0.25, -0.2) is 14.5 Å². The zero-order chi connectivity index (χ0) is 22.2. The molecule has 32 heavy (non-hydrogen) atoms. The molecular formula is C23H21N7O2. The number of carbonyl (C=O) groups is 2. The van der Waals surface area contributed by atoms with Crippen molar-refractivity contribution < 1.29 is 9.59 Å². The molecule has 5 rings (SSSR count). The van der Waals surface area contributed by atoms with Gasteiger partial charge in [0, 0.05) is 43.0 Å². The van der Waals surface area contributed by atoms with Crippen LogP contribution in [0, 0.1) is 0 Å². The van der Waals surface area contributed by atoms with Gasteiger partial charge in [0.1, 0.15) is 12.4 Å². The van der Waals surface area contributed by atoms with E-state index < -0.39 is 0 Å². The summed E-state index contributed by atoms with van der Waals surface area (Å²) in [5.74, 6) is 0.232. The molecule has 3 aromatic heterocycles. The first-order chi connectivity index (χ1) is 15.5. The molecule has 2 N–H and O–H groups in total. The van der Waals surface area contributed by atoms with E-state index in [1.165, 1.54) is 0 Å². The fourth-order valence-electron chi connectivity index (χ4n) is 3.73. The number of amides is 2. The van der Waals surface area contributed by atoms with Crippen LogP contribution in [0.2, 0.25) is 0 Å². The minimum absolute atomic E-state index is 0.0502. The third kappa shape index (κ3) is 3.53. The first kappa shape index (κ1) is 19.7. The Morgan fingerprint density at radius 1 is 1.00 bits per heavy atom. The van der Waals surface area contributed by atoms with Crippen LogP contribution in [0.5, 0.6) is 0 Å². The third-order valence-corrected chi connectivity index (χ3v) is 5.61. The zero-order valence-corrected chi connectivity index (χ0v) is 17.5. The normalized spacial score (nSPS) is 14.2. The SMILES string of the molecule is CN1CCN(C(=O)c2ccc(-c3ccc4ncc(-c5ccnc(N)c5)n4n3)cc2)CC1=O. The molecule has 160 valence electrons. The number of nitrogens with two attached hydrogens (primary N) is 1. The highest BCUT2D eigenvalue weighted by atomic mass is 16.2. The Labute approximate surface area is 184 Å². The van der Waals surface area contributed by atoms with Gasteiger partial charge in [-0.1, -0.05) is 12.1 Å². The molecule has 4 heterocycles. The summed E-state index contributed by atoms with van der Waals surface area (Å²) in [4.78, 5) is 36.4. The van der Waals surface area contributed by atoms with E-state index in [9.17, 15) is 9.59 Å². The maximum Gasteiger partial charge on any atom is 0.254 e. The van der Waals surface area contributed by atoms with Crippen LogP contribution in [-0.4, -0.2) is 67.9 Å². The number of aromatic nitrogens is 4. The van der Waals surface area contributed by atoms with Gasteiger partial charge in [-0.05, 0) is 36.4 Å². The van der Waals surface area contributed by atoms with Crippen molar-refractivity contribution in [3.8, 4) is 22.5 Å². The number of benzene rings is 1. The zero-order valence-electron chi connectivity index (χ0n) is 17.5. The number of carbonyl (C=O) groups excluding carboxylic acids is 2. The Hall–Kier alpha value is -4.27. The molecule has 1 saturated heterocycles. The molecule has 0 atom stereocenters. The number of anilines is 1. The van der Waals surface area contributed by atoms with E-state index in [2.05, 4.69) is 9.97 Å². The smallest absolute Gasteiger partial charge is 0.254 e. The summed E-state index contributed by atoms with van der Waals surface area (Å²) < 4.78 is 1.76. The van der Waals surface area contributed by atoms with Crippen molar-refractivity contribution in [3.63, 3.8) is 0 Å². The predicted octanol–water partition coefficient (Wildman–Crippen LogP) is 1.95. The van der Waals surface area contributed by atoms with E-state index in [1.807, 2.05) is 30.3 Å². The molecule has 0 spiro atoms. The van der Waals surface area contributed by atoms with E-state index in [0.29, 0.717) is 30.1 Å². The summed E-state index contributed by atoms with van der Waals surface area (Å²) in [6, 6.07) is 14.7. The van der Waals surface area contributed by atoms with E-state index >= 15 is 0 Å². The molecule has 0 radical (unpaired) electrons. The van der Waals surface area contributed by atoms with Crippen LogP contribution >= 0.6 is 0 Å². The standard InChI is InChI=1S/C23H21N7O2/c1-28-10-11-29(14-22(28)31)23(32)16-4-2-15(3-5-16)18-6-7-21-26-13-19(30(21)27-18)17-8-9-25-20(24)12-17/h2-9,12-13H,10-11,14H2,1H3,(H2,24,25). The van der Waals surface area contributed by atoms with Crippen LogP contribution in [-0.2, 0) is 4.79 Å². The highest BCUT2D eigenvalue weighted by molar-refractivity contribution is 5.97. The topological polar surface area (TPSA) is 110 Å². The molecule has 9 heteroatoms. The lowest BCUT2D eigenvalue weighted by molar-refractivity contribution is -0.133. The van der Waals surface area contributed by atoms with Crippen molar-refractivity contribution in [1.82, 2.24) is 29.4 Å². The van der Waals surface area contributed by atoms with Crippen LogP contribution in [0.3, 0.4) is 0 Å². The number of rotatable bonds is 3. The minimum atomic E-state index is -0.145. The molecule has 1 fully saturated rings. The Balaban J connectivity index is 1.43. The van der Waals surface area contributed by atoms with Crippen LogP contribution in [0.15, 0.2) is 60.9 Å². The average Bonchev–Trinajstić information content (AvgIpc) is 3.24. The quantitative estimate of drug-likeness (QED) is 0.535. The molecule has 0 saturated carbocycles. The number of likely N-dealkylation sites (N-methyl/N-ethyl adjacent to an activating group) is 1. The fourth-order valence-corrected chi connectivity index (χ4v) is 3.73. The second-order valence-corrected chi connectivity index (χ2v) is 7.72. The summed E-state index contributed by atoms with van der Waals surface area (Å²) in [5, 5.41) is 4.74. The van der Waals surface area contributed by atoms with E-state index in [1.54, 1.807) is 52.0 Å². The van der Waals surface area contributed by atoms with Gasteiger partial charge in [-0.15, -0.1) is 0 Å². The summed E-state index contributed by atoms with van der Waals surface area (Å²) in [5.41, 5.74) is 10.4. The van der Waals surface area contributed by atoms with Crippen LogP contribution in [0.1, 0.15) is 10.4 Å². The molecule has 1 aromatic carbocycles. The lowest BCUT2D eigenvalue weighted by Crippen LogP contribution is -2.50. The highest BCUT2D eigenvalue weighted by Crippen LogP contribution is 2.24. The van der Waals surface area contributed by atoms with Crippen LogP contribution < -0.4 is 5.73 Å². The number of nitrogen functional groups attached to an aromatic ring is 1. The van der Waals surface area contributed by atoms with Gasteiger partial charge in [-0.2, -0.15) is 5.10 Å². The Kier molecular flexibility index (Phi) is 4.78. The van der Waals surface area contributed by atoms with Gasteiger partial charge < -0.3 is 15.5 Å². The van der Waals surface area contributed by atoms with Gasteiger partial charge in [0.05, 0.1) is 17.6 Å². The molecule has 9 nitrogen and oxygen atoms in total. The lowest BCUT2D eigenvalue weighted by Gasteiger charge is -2.32. The molecule has 2 amide bonds. The third-order valence-electron chi connectivity index (χ3n) is 5.61. The number of piperazine rings is 1. The Bertz CT molecular complexity index is 1330. The fraction of sp³-hybridized carbons (Fsp3) is 0.174.